The summed E-state index contributed by atoms with van der Waals surface area (Å²) >= 11 is 1.46. The van der Waals surface area contributed by atoms with Crippen molar-refractivity contribution < 1.29 is 24.5 Å². The Labute approximate surface area is 154 Å². The minimum absolute atomic E-state index is 0.0587. The van der Waals surface area contributed by atoms with E-state index < -0.39 is 5.97 Å². The Kier molecular flexibility index (Phi) is 5.04. The van der Waals surface area contributed by atoms with E-state index in [4.69, 9.17) is 9.84 Å². The topological polar surface area (TPSA) is 83.8 Å². The SMILES string of the molecule is CC(=O)c1ccc(-c2ccc(COc3ccc(C(=O)O)c(O)c3)cc2)s1. The Morgan fingerprint density at radius 3 is 2.35 bits per heavy atom. The molecule has 26 heavy (non-hydrogen) atoms. The van der Waals surface area contributed by atoms with E-state index in [9.17, 15) is 14.7 Å². The number of hydrogen-bond acceptors (Lipinski definition) is 5. The summed E-state index contributed by atoms with van der Waals surface area (Å²) in [4.78, 5) is 24.0. The number of benzene rings is 2. The lowest BCUT2D eigenvalue weighted by Gasteiger charge is -2.08. The highest BCUT2D eigenvalue weighted by Gasteiger charge is 2.10. The molecule has 132 valence electrons. The second kappa shape index (κ2) is 7.41. The van der Waals surface area contributed by atoms with Gasteiger partial charge >= 0.3 is 5.97 Å². The monoisotopic (exact) mass is 368 g/mol. The van der Waals surface area contributed by atoms with Crippen LogP contribution in [0.4, 0.5) is 0 Å². The highest BCUT2D eigenvalue weighted by atomic mass is 32.1. The van der Waals surface area contributed by atoms with E-state index in [-0.39, 0.29) is 23.7 Å². The fraction of sp³-hybridized carbons (Fsp3) is 0.100. The van der Waals surface area contributed by atoms with Crippen molar-refractivity contribution in [3.8, 4) is 21.9 Å². The molecular weight excluding hydrogens is 352 g/mol. The van der Waals surface area contributed by atoms with Gasteiger partial charge in [0.15, 0.2) is 5.78 Å². The van der Waals surface area contributed by atoms with E-state index in [0.717, 1.165) is 20.9 Å². The van der Waals surface area contributed by atoms with Crippen LogP contribution in [0, 0.1) is 0 Å². The van der Waals surface area contributed by atoms with Gasteiger partial charge in [-0.05, 0) is 42.3 Å². The molecule has 0 unspecified atom stereocenters. The molecule has 3 aromatic rings. The second-order valence-corrected chi connectivity index (χ2v) is 6.77. The number of hydrogen-bond donors (Lipinski definition) is 2. The first-order chi connectivity index (χ1) is 12.4. The maximum absolute atomic E-state index is 11.4. The molecule has 0 amide bonds. The molecule has 1 heterocycles. The molecular formula is C20H16O5S. The predicted molar refractivity (Wildman–Crippen MR) is 99.2 cm³/mol. The van der Waals surface area contributed by atoms with Crippen molar-refractivity contribution in [2.75, 3.05) is 0 Å². The Balaban J connectivity index is 1.67. The minimum atomic E-state index is -1.19. The number of rotatable bonds is 6. The third-order valence-corrected chi connectivity index (χ3v) is 5.03. The molecule has 0 atom stereocenters. The fourth-order valence-electron chi connectivity index (χ4n) is 2.40. The molecule has 6 heteroatoms. The van der Waals surface area contributed by atoms with Crippen molar-refractivity contribution in [3.63, 3.8) is 0 Å². The molecule has 0 aliphatic heterocycles. The zero-order valence-electron chi connectivity index (χ0n) is 13.9. The number of thiophene rings is 1. The summed E-state index contributed by atoms with van der Waals surface area (Å²) in [6.45, 7) is 1.84. The third kappa shape index (κ3) is 3.92. The van der Waals surface area contributed by atoms with Crippen LogP contribution < -0.4 is 4.74 Å². The van der Waals surface area contributed by atoms with Gasteiger partial charge < -0.3 is 14.9 Å². The molecule has 0 aliphatic rings. The van der Waals surface area contributed by atoms with Crippen LogP contribution in [0.1, 0.15) is 32.5 Å². The summed E-state index contributed by atoms with van der Waals surface area (Å²) < 4.78 is 5.59. The van der Waals surface area contributed by atoms with E-state index in [1.165, 1.54) is 29.5 Å². The van der Waals surface area contributed by atoms with Gasteiger partial charge in [-0.25, -0.2) is 4.79 Å². The standard InChI is InChI=1S/C20H16O5S/c1-12(21)18-8-9-19(26-18)14-4-2-13(3-5-14)11-25-15-6-7-16(20(23)24)17(22)10-15/h2-10,22H,11H2,1H3,(H,23,24). The molecule has 0 radical (unpaired) electrons. The second-order valence-electron chi connectivity index (χ2n) is 5.69. The number of aromatic carboxylic acids is 1. The van der Waals surface area contributed by atoms with Crippen LogP contribution in [0.15, 0.2) is 54.6 Å². The van der Waals surface area contributed by atoms with E-state index >= 15 is 0 Å². The Hall–Kier alpha value is -3.12. The summed E-state index contributed by atoms with van der Waals surface area (Å²) in [6.07, 6.45) is 0. The molecule has 0 bridgehead atoms. The molecule has 2 aromatic carbocycles. The summed E-state index contributed by atoms with van der Waals surface area (Å²) in [5, 5.41) is 18.6. The average Bonchev–Trinajstić information content (AvgIpc) is 3.10. The lowest BCUT2D eigenvalue weighted by Crippen LogP contribution is -1.99. The predicted octanol–water partition coefficient (Wildman–Crippen LogP) is 4.60. The Morgan fingerprint density at radius 2 is 1.77 bits per heavy atom. The van der Waals surface area contributed by atoms with Crippen LogP contribution in [-0.4, -0.2) is 22.0 Å². The van der Waals surface area contributed by atoms with E-state index in [0.29, 0.717) is 5.75 Å². The first-order valence-electron chi connectivity index (χ1n) is 7.83. The van der Waals surface area contributed by atoms with Crippen molar-refractivity contribution in [2.45, 2.75) is 13.5 Å². The Morgan fingerprint density at radius 1 is 1.04 bits per heavy atom. The van der Waals surface area contributed by atoms with E-state index in [1.54, 1.807) is 6.92 Å². The molecule has 1 aromatic heterocycles. The quantitative estimate of drug-likeness (QED) is 0.621. The van der Waals surface area contributed by atoms with Crippen LogP contribution in [0.3, 0.4) is 0 Å². The van der Waals surface area contributed by atoms with Gasteiger partial charge in [0.25, 0.3) is 0 Å². The van der Waals surface area contributed by atoms with Gasteiger partial charge in [-0.1, -0.05) is 24.3 Å². The smallest absolute Gasteiger partial charge is 0.339 e. The molecule has 2 N–H and O–H groups in total. The molecule has 0 fully saturated rings. The number of ketones is 1. The van der Waals surface area contributed by atoms with Crippen LogP contribution >= 0.6 is 11.3 Å². The highest BCUT2D eigenvalue weighted by Crippen LogP contribution is 2.29. The summed E-state index contributed by atoms with van der Waals surface area (Å²) in [5.74, 6) is -1.07. The van der Waals surface area contributed by atoms with Crippen LogP contribution in [0.25, 0.3) is 10.4 Å². The minimum Gasteiger partial charge on any atom is -0.507 e. The number of carbonyl (C=O) groups excluding carboxylic acids is 1. The van der Waals surface area contributed by atoms with Gasteiger partial charge in [-0.15, -0.1) is 11.3 Å². The van der Waals surface area contributed by atoms with Crippen LogP contribution in [-0.2, 0) is 6.61 Å². The van der Waals surface area contributed by atoms with Gasteiger partial charge in [0, 0.05) is 10.9 Å². The number of ether oxygens (including phenoxy) is 1. The molecule has 3 rings (SSSR count). The third-order valence-electron chi connectivity index (χ3n) is 3.80. The summed E-state index contributed by atoms with van der Waals surface area (Å²) in [5.41, 5.74) is 1.79. The van der Waals surface area contributed by atoms with Gasteiger partial charge in [-0.3, -0.25) is 4.79 Å². The van der Waals surface area contributed by atoms with Crippen molar-refractivity contribution >= 4 is 23.1 Å². The van der Waals surface area contributed by atoms with E-state index in [2.05, 4.69) is 0 Å². The fourth-order valence-corrected chi connectivity index (χ4v) is 3.30. The number of phenols is 1. The molecule has 5 nitrogen and oxygen atoms in total. The average molecular weight is 368 g/mol. The van der Waals surface area contributed by atoms with Gasteiger partial charge in [-0.2, -0.15) is 0 Å². The molecule has 0 spiro atoms. The zero-order chi connectivity index (χ0) is 18.7. The van der Waals surface area contributed by atoms with Crippen LogP contribution in [0.2, 0.25) is 0 Å². The molecule has 0 saturated carbocycles. The van der Waals surface area contributed by atoms with Crippen LogP contribution in [0.5, 0.6) is 11.5 Å². The normalized spacial score (nSPS) is 10.5. The highest BCUT2D eigenvalue weighted by molar-refractivity contribution is 7.17. The maximum Gasteiger partial charge on any atom is 0.339 e. The number of carbonyl (C=O) groups is 2. The largest absolute Gasteiger partial charge is 0.507 e. The van der Waals surface area contributed by atoms with Gasteiger partial charge in [0.1, 0.15) is 23.7 Å². The number of carboxylic acids is 1. The zero-order valence-corrected chi connectivity index (χ0v) is 14.7. The lowest BCUT2D eigenvalue weighted by molar-refractivity contribution is 0.0693. The first-order valence-corrected chi connectivity index (χ1v) is 8.65. The molecule has 0 saturated heterocycles. The first kappa shape index (κ1) is 17.7. The van der Waals surface area contributed by atoms with E-state index in [1.807, 2.05) is 36.4 Å². The van der Waals surface area contributed by atoms with Crippen molar-refractivity contribution in [1.29, 1.82) is 0 Å². The number of Topliss-reactive ketones (excluding diaryl/α,β-unsaturated/α-hetero) is 1. The van der Waals surface area contributed by atoms with Crippen molar-refractivity contribution in [1.82, 2.24) is 0 Å². The summed E-state index contributed by atoms with van der Waals surface area (Å²) in [6, 6.07) is 15.6. The Bertz CT molecular complexity index is 957. The number of carboxylic acid groups (broad SMARTS) is 1. The maximum atomic E-state index is 11.4. The van der Waals surface area contributed by atoms with Crippen molar-refractivity contribution in [2.24, 2.45) is 0 Å². The van der Waals surface area contributed by atoms with Gasteiger partial charge in [0.2, 0.25) is 0 Å². The van der Waals surface area contributed by atoms with Gasteiger partial charge in [0.05, 0.1) is 4.88 Å². The molecule has 0 aliphatic carbocycles. The number of aromatic hydroxyl groups is 1. The summed E-state index contributed by atoms with van der Waals surface area (Å²) in [7, 11) is 0. The lowest BCUT2D eigenvalue weighted by atomic mass is 10.1. The van der Waals surface area contributed by atoms with Crippen molar-refractivity contribution in [3.05, 3.63) is 70.6 Å².